The fourth-order valence-electron chi connectivity index (χ4n) is 0.576. The Bertz CT molecular complexity index is 283. The highest BCUT2D eigenvalue weighted by Gasteiger charge is 2.02. The summed E-state index contributed by atoms with van der Waals surface area (Å²) in [5.41, 5.74) is 5.33. The van der Waals surface area contributed by atoms with Crippen molar-refractivity contribution in [1.82, 2.24) is 10.1 Å². The summed E-state index contributed by atoms with van der Waals surface area (Å²) in [6.07, 6.45) is 0. The molecule has 0 fully saturated rings. The van der Waals surface area contributed by atoms with Crippen molar-refractivity contribution in [2.24, 2.45) is 16.7 Å². The van der Waals surface area contributed by atoms with Gasteiger partial charge in [0.25, 0.3) is 0 Å². The number of rotatable bonds is 2. The number of aromatic nitrogens is 2. The first-order chi connectivity index (χ1) is 5.72. The molecule has 0 atom stereocenters. The fraction of sp³-hybridized carbons (Fsp3) is 0.400. The van der Waals surface area contributed by atoms with E-state index in [-0.39, 0.29) is 0 Å². The van der Waals surface area contributed by atoms with Crippen LogP contribution in [0.4, 0.5) is 0 Å². The van der Waals surface area contributed by atoms with Crippen LogP contribution >= 0.6 is 11.8 Å². The molecule has 4 N–H and O–H groups in total. The van der Waals surface area contributed by atoms with Gasteiger partial charge in [0.15, 0.2) is 11.0 Å². The van der Waals surface area contributed by atoms with E-state index in [2.05, 4.69) is 15.2 Å². The van der Waals surface area contributed by atoms with Gasteiger partial charge < -0.3 is 16.1 Å². The molecule has 66 valence electrons. The van der Waals surface area contributed by atoms with Gasteiger partial charge in [0.2, 0.25) is 5.89 Å². The second-order valence-corrected chi connectivity index (χ2v) is 2.98. The van der Waals surface area contributed by atoms with E-state index in [9.17, 15) is 0 Å². The molecular formula is C5H9N5OS. The molecule has 0 saturated heterocycles. The molecule has 1 aromatic rings. The summed E-state index contributed by atoms with van der Waals surface area (Å²) in [4.78, 5) is 3.97. The highest BCUT2D eigenvalue weighted by Crippen LogP contribution is 2.07. The molecule has 0 aliphatic rings. The Balaban J connectivity index is 2.43. The van der Waals surface area contributed by atoms with E-state index >= 15 is 0 Å². The van der Waals surface area contributed by atoms with Gasteiger partial charge >= 0.3 is 0 Å². The molecule has 0 amide bonds. The van der Waals surface area contributed by atoms with E-state index in [1.807, 2.05) is 0 Å². The van der Waals surface area contributed by atoms with Crippen LogP contribution in [-0.2, 0) is 5.75 Å². The minimum atomic E-state index is 0.303. The fourth-order valence-corrected chi connectivity index (χ4v) is 1.04. The van der Waals surface area contributed by atoms with E-state index in [1.54, 1.807) is 6.92 Å². The van der Waals surface area contributed by atoms with Crippen molar-refractivity contribution in [3.8, 4) is 0 Å². The van der Waals surface area contributed by atoms with Crippen molar-refractivity contribution in [3.63, 3.8) is 0 Å². The zero-order valence-electron chi connectivity index (χ0n) is 6.52. The molecule has 0 radical (unpaired) electrons. The van der Waals surface area contributed by atoms with Gasteiger partial charge in [-0.2, -0.15) is 10.1 Å². The van der Waals surface area contributed by atoms with Crippen LogP contribution < -0.4 is 11.6 Å². The van der Waals surface area contributed by atoms with Gasteiger partial charge in [0.1, 0.15) is 0 Å². The van der Waals surface area contributed by atoms with Crippen LogP contribution in [0, 0.1) is 6.92 Å². The quantitative estimate of drug-likeness (QED) is 0.287. The van der Waals surface area contributed by atoms with Crippen LogP contribution in [-0.4, -0.2) is 15.3 Å². The molecule has 0 bridgehead atoms. The number of thioether (sulfide) groups is 1. The minimum absolute atomic E-state index is 0.303. The maximum Gasteiger partial charge on any atom is 0.223 e. The van der Waals surface area contributed by atoms with Crippen LogP contribution in [0.1, 0.15) is 11.7 Å². The smallest absolute Gasteiger partial charge is 0.223 e. The van der Waals surface area contributed by atoms with E-state index in [1.165, 1.54) is 11.8 Å². The number of aryl methyl sites for hydroxylation is 1. The topological polar surface area (TPSA) is 103 Å². The lowest BCUT2D eigenvalue weighted by molar-refractivity contribution is 0.389. The summed E-state index contributed by atoms with van der Waals surface area (Å²) in [6, 6.07) is 0. The van der Waals surface area contributed by atoms with Gasteiger partial charge in [-0.15, -0.1) is 0 Å². The molecule has 0 aliphatic heterocycles. The number of hydrogen-bond acceptors (Lipinski definition) is 6. The standard InChI is InChI=1S/C5H9N5OS/c1-3-8-4(10-11-3)2-12-5(6)9-7/h2,7H2,1H3,(H2,6,9). The summed E-state index contributed by atoms with van der Waals surface area (Å²) in [7, 11) is 0. The van der Waals surface area contributed by atoms with Crippen molar-refractivity contribution in [2.75, 3.05) is 0 Å². The van der Waals surface area contributed by atoms with Crippen LogP contribution in [0.3, 0.4) is 0 Å². The number of hydrogen-bond donors (Lipinski definition) is 2. The second kappa shape index (κ2) is 3.96. The van der Waals surface area contributed by atoms with Gasteiger partial charge in [-0.1, -0.05) is 16.9 Å². The molecule has 0 aliphatic carbocycles. The Hall–Kier alpha value is -1.24. The predicted molar refractivity (Wildman–Crippen MR) is 46.1 cm³/mol. The van der Waals surface area contributed by atoms with Crippen molar-refractivity contribution in [3.05, 3.63) is 11.7 Å². The molecule has 0 aromatic carbocycles. The lowest BCUT2D eigenvalue weighted by Crippen LogP contribution is -2.09. The van der Waals surface area contributed by atoms with Crippen molar-refractivity contribution >= 4 is 16.9 Å². The van der Waals surface area contributed by atoms with E-state index < -0.39 is 0 Å². The molecule has 12 heavy (non-hydrogen) atoms. The van der Waals surface area contributed by atoms with Gasteiger partial charge in [-0.05, 0) is 0 Å². The van der Waals surface area contributed by atoms with Crippen molar-refractivity contribution < 1.29 is 4.52 Å². The third-order valence-corrected chi connectivity index (χ3v) is 1.85. The maximum atomic E-state index is 5.33. The minimum Gasteiger partial charge on any atom is -0.377 e. The third-order valence-electron chi connectivity index (χ3n) is 1.05. The average Bonchev–Trinajstić information content (AvgIpc) is 2.47. The molecule has 0 saturated carbocycles. The third kappa shape index (κ3) is 2.42. The summed E-state index contributed by atoms with van der Waals surface area (Å²) >= 11 is 1.26. The second-order valence-electron chi connectivity index (χ2n) is 1.99. The summed E-state index contributed by atoms with van der Waals surface area (Å²) in [5.74, 6) is 6.56. The molecular weight excluding hydrogens is 178 g/mol. The monoisotopic (exact) mass is 187 g/mol. The van der Waals surface area contributed by atoms with E-state index in [0.717, 1.165) is 0 Å². The van der Waals surface area contributed by atoms with Gasteiger partial charge in [0.05, 0.1) is 5.75 Å². The average molecular weight is 187 g/mol. The SMILES string of the molecule is Cc1nc(CSC(N)=NN)no1. The van der Waals surface area contributed by atoms with Gasteiger partial charge in [0, 0.05) is 6.92 Å². The number of hydrazone groups is 1. The first-order valence-electron chi connectivity index (χ1n) is 3.17. The number of amidine groups is 1. The van der Waals surface area contributed by atoms with Crippen molar-refractivity contribution in [2.45, 2.75) is 12.7 Å². The Labute approximate surface area is 73.4 Å². The molecule has 7 heteroatoms. The Morgan fingerprint density at radius 3 is 3.00 bits per heavy atom. The molecule has 0 unspecified atom stereocenters. The molecule has 1 rings (SSSR count). The normalized spacial score (nSPS) is 11.9. The molecule has 1 heterocycles. The molecule has 6 nitrogen and oxygen atoms in total. The summed E-state index contributed by atoms with van der Waals surface area (Å²) < 4.78 is 4.74. The largest absolute Gasteiger partial charge is 0.377 e. The van der Waals surface area contributed by atoms with Crippen LogP contribution in [0.25, 0.3) is 0 Å². The van der Waals surface area contributed by atoms with E-state index in [4.69, 9.17) is 16.1 Å². The Morgan fingerprint density at radius 1 is 1.75 bits per heavy atom. The zero-order valence-corrected chi connectivity index (χ0v) is 7.34. The zero-order chi connectivity index (χ0) is 8.97. The first-order valence-corrected chi connectivity index (χ1v) is 4.16. The molecule has 0 spiro atoms. The Kier molecular flexibility index (Phi) is 2.92. The van der Waals surface area contributed by atoms with Crippen LogP contribution in [0.5, 0.6) is 0 Å². The first kappa shape index (κ1) is 8.85. The van der Waals surface area contributed by atoms with Gasteiger partial charge in [-0.3, -0.25) is 0 Å². The van der Waals surface area contributed by atoms with E-state index in [0.29, 0.717) is 22.6 Å². The number of nitrogens with zero attached hydrogens (tertiary/aromatic N) is 3. The number of nitrogens with two attached hydrogens (primary N) is 2. The Morgan fingerprint density at radius 2 is 2.50 bits per heavy atom. The van der Waals surface area contributed by atoms with Crippen LogP contribution in [0.15, 0.2) is 9.62 Å². The highest BCUT2D eigenvalue weighted by molar-refractivity contribution is 8.13. The maximum absolute atomic E-state index is 5.33. The van der Waals surface area contributed by atoms with Crippen molar-refractivity contribution in [1.29, 1.82) is 0 Å². The lowest BCUT2D eigenvalue weighted by Gasteiger charge is -1.92. The summed E-state index contributed by atoms with van der Waals surface area (Å²) in [6.45, 7) is 1.72. The summed E-state index contributed by atoms with van der Waals surface area (Å²) in [5, 5.41) is 7.25. The van der Waals surface area contributed by atoms with Gasteiger partial charge in [-0.25, -0.2) is 0 Å². The van der Waals surface area contributed by atoms with Crippen LogP contribution in [0.2, 0.25) is 0 Å². The lowest BCUT2D eigenvalue weighted by atomic mass is 10.7. The molecule has 1 aromatic heterocycles. The predicted octanol–water partition coefficient (Wildman–Crippen LogP) is -0.200. The highest BCUT2D eigenvalue weighted by atomic mass is 32.2.